The van der Waals surface area contributed by atoms with Crippen LogP contribution < -0.4 is 5.73 Å². The van der Waals surface area contributed by atoms with E-state index >= 15 is 0 Å². The lowest BCUT2D eigenvalue weighted by atomic mass is 10.1. The zero-order chi connectivity index (χ0) is 14.9. The first-order valence-electron chi connectivity index (χ1n) is 5.97. The lowest BCUT2D eigenvalue weighted by Gasteiger charge is -2.02. The lowest BCUT2D eigenvalue weighted by Crippen LogP contribution is -2.05. The van der Waals surface area contributed by atoms with Gasteiger partial charge in [0.15, 0.2) is 0 Å². The molecule has 0 saturated carbocycles. The van der Waals surface area contributed by atoms with Crippen LogP contribution in [0.5, 0.6) is 0 Å². The van der Waals surface area contributed by atoms with Crippen LogP contribution in [-0.2, 0) is 4.74 Å². The van der Waals surface area contributed by atoms with Gasteiger partial charge in [0, 0.05) is 4.88 Å². The fraction of sp³-hybridized carbons (Fsp3) is 0.214. The van der Waals surface area contributed by atoms with E-state index in [0.29, 0.717) is 27.2 Å². The fourth-order valence-electron chi connectivity index (χ4n) is 1.79. The normalized spacial score (nSPS) is 10.6. The molecule has 2 N–H and O–H groups in total. The Kier molecular flexibility index (Phi) is 4.58. The SMILES string of the molecule is CCOC(=O)c1sc(-c2ccc(Cl)c(Cl)c2)c(C)c1N. The molecule has 0 aliphatic carbocycles. The number of hydrogen-bond donors (Lipinski definition) is 1. The molecule has 0 atom stereocenters. The largest absolute Gasteiger partial charge is 0.462 e. The summed E-state index contributed by atoms with van der Waals surface area (Å²) in [4.78, 5) is 13.2. The molecule has 1 aromatic carbocycles. The summed E-state index contributed by atoms with van der Waals surface area (Å²) in [5.74, 6) is -0.399. The monoisotopic (exact) mass is 329 g/mol. The molecular formula is C14H13Cl2NO2S. The first kappa shape index (κ1) is 15.2. The predicted molar refractivity (Wildman–Crippen MR) is 84.9 cm³/mol. The summed E-state index contributed by atoms with van der Waals surface area (Å²) < 4.78 is 5.00. The van der Waals surface area contributed by atoms with Crippen LogP contribution in [0, 0.1) is 6.92 Å². The molecule has 106 valence electrons. The van der Waals surface area contributed by atoms with Gasteiger partial charge in [0.25, 0.3) is 0 Å². The minimum Gasteiger partial charge on any atom is -0.462 e. The summed E-state index contributed by atoms with van der Waals surface area (Å²) in [6.07, 6.45) is 0. The van der Waals surface area contributed by atoms with Crippen LogP contribution in [0.15, 0.2) is 18.2 Å². The molecule has 3 nitrogen and oxygen atoms in total. The number of benzene rings is 1. The maximum atomic E-state index is 11.8. The Balaban J connectivity index is 2.50. The molecule has 1 aromatic heterocycles. The van der Waals surface area contributed by atoms with E-state index in [1.165, 1.54) is 11.3 Å². The number of thiophene rings is 1. The molecule has 2 rings (SSSR count). The van der Waals surface area contributed by atoms with Gasteiger partial charge >= 0.3 is 5.97 Å². The molecular weight excluding hydrogens is 317 g/mol. The van der Waals surface area contributed by atoms with Gasteiger partial charge in [-0.25, -0.2) is 4.79 Å². The van der Waals surface area contributed by atoms with Crippen molar-refractivity contribution >= 4 is 46.2 Å². The van der Waals surface area contributed by atoms with Gasteiger partial charge in [0.2, 0.25) is 0 Å². The molecule has 0 spiro atoms. The van der Waals surface area contributed by atoms with Crippen molar-refractivity contribution in [3.05, 3.63) is 38.7 Å². The number of carbonyl (C=O) groups excluding carboxylic acids is 1. The summed E-state index contributed by atoms with van der Waals surface area (Å²) in [5.41, 5.74) is 8.17. The number of carbonyl (C=O) groups is 1. The summed E-state index contributed by atoms with van der Waals surface area (Å²) in [6, 6.07) is 5.33. The highest BCUT2D eigenvalue weighted by Crippen LogP contribution is 2.40. The third-order valence-electron chi connectivity index (χ3n) is 2.84. The van der Waals surface area contributed by atoms with Crippen molar-refractivity contribution < 1.29 is 9.53 Å². The Bertz CT molecular complexity index is 667. The van der Waals surface area contributed by atoms with Crippen LogP contribution in [0.1, 0.15) is 22.2 Å². The second kappa shape index (κ2) is 6.04. The zero-order valence-corrected chi connectivity index (χ0v) is 13.3. The van der Waals surface area contributed by atoms with E-state index in [-0.39, 0.29) is 0 Å². The number of anilines is 1. The maximum Gasteiger partial charge on any atom is 0.350 e. The Morgan fingerprint density at radius 2 is 2.05 bits per heavy atom. The van der Waals surface area contributed by atoms with Gasteiger partial charge in [-0.05, 0) is 37.1 Å². The van der Waals surface area contributed by atoms with E-state index in [1.807, 2.05) is 13.0 Å². The van der Waals surface area contributed by atoms with E-state index in [4.69, 9.17) is 33.7 Å². The Hall–Kier alpha value is -1.23. The van der Waals surface area contributed by atoms with Crippen LogP contribution in [0.2, 0.25) is 10.0 Å². The third-order valence-corrected chi connectivity index (χ3v) is 4.91. The highest BCUT2D eigenvalue weighted by Gasteiger charge is 2.20. The van der Waals surface area contributed by atoms with E-state index < -0.39 is 5.97 Å². The molecule has 0 unspecified atom stereocenters. The van der Waals surface area contributed by atoms with Gasteiger partial charge < -0.3 is 10.5 Å². The number of ether oxygens (including phenoxy) is 1. The summed E-state index contributed by atoms with van der Waals surface area (Å²) >= 11 is 13.2. The molecule has 20 heavy (non-hydrogen) atoms. The molecule has 0 radical (unpaired) electrons. The number of esters is 1. The maximum absolute atomic E-state index is 11.8. The Labute approximate surface area is 131 Å². The first-order chi connectivity index (χ1) is 9.45. The standard InChI is InChI=1S/C14H13Cl2NO2S/c1-3-19-14(18)13-11(17)7(2)12(20-13)8-4-5-9(15)10(16)6-8/h4-6H,3,17H2,1-2H3. The topological polar surface area (TPSA) is 52.3 Å². The zero-order valence-electron chi connectivity index (χ0n) is 11.0. The second-order valence-corrected chi connectivity index (χ2v) is 5.98. The molecule has 0 fully saturated rings. The van der Waals surface area contributed by atoms with Crippen molar-refractivity contribution in [3.63, 3.8) is 0 Å². The lowest BCUT2D eigenvalue weighted by molar-refractivity contribution is 0.0533. The van der Waals surface area contributed by atoms with Crippen molar-refractivity contribution in [3.8, 4) is 10.4 Å². The molecule has 0 bridgehead atoms. The molecule has 2 aromatic rings. The van der Waals surface area contributed by atoms with Crippen LogP contribution in [0.25, 0.3) is 10.4 Å². The highest BCUT2D eigenvalue weighted by atomic mass is 35.5. The number of halogens is 2. The first-order valence-corrected chi connectivity index (χ1v) is 7.54. The van der Waals surface area contributed by atoms with Gasteiger partial charge in [-0.15, -0.1) is 11.3 Å². The molecule has 0 amide bonds. The van der Waals surface area contributed by atoms with Gasteiger partial charge in [0.05, 0.1) is 22.3 Å². The van der Waals surface area contributed by atoms with Crippen molar-refractivity contribution in [2.24, 2.45) is 0 Å². The third kappa shape index (κ3) is 2.77. The van der Waals surface area contributed by atoms with Crippen molar-refractivity contribution in [2.75, 3.05) is 12.3 Å². The average molecular weight is 330 g/mol. The van der Waals surface area contributed by atoms with Gasteiger partial charge in [-0.2, -0.15) is 0 Å². The van der Waals surface area contributed by atoms with Gasteiger partial charge in [-0.3, -0.25) is 0 Å². The number of rotatable bonds is 3. The number of nitrogens with two attached hydrogens (primary N) is 1. The smallest absolute Gasteiger partial charge is 0.350 e. The second-order valence-electron chi connectivity index (χ2n) is 4.15. The molecule has 6 heteroatoms. The minimum absolute atomic E-state index is 0.317. The van der Waals surface area contributed by atoms with E-state index in [9.17, 15) is 4.79 Å². The van der Waals surface area contributed by atoms with Crippen LogP contribution >= 0.6 is 34.5 Å². The molecule has 1 heterocycles. The van der Waals surface area contributed by atoms with E-state index in [0.717, 1.165) is 16.0 Å². The Morgan fingerprint density at radius 3 is 2.65 bits per heavy atom. The van der Waals surface area contributed by atoms with Gasteiger partial charge in [-0.1, -0.05) is 29.3 Å². The molecule has 0 aliphatic rings. The van der Waals surface area contributed by atoms with Crippen LogP contribution in [0.4, 0.5) is 5.69 Å². The van der Waals surface area contributed by atoms with E-state index in [2.05, 4.69) is 0 Å². The highest BCUT2D eigenvalue weighted by molar-refractivity contribution is 7.18. The van der Waals surface area contributed by atoms with Crippen LogP contribution in [-0.4, -0.2) is 12.6 Å². The van der Waals surface area contributed by atoms with Crippen LogP contribution in [0.3, 0.4) is 0 Å². The average Bonchev–Trinajstić information content (AvgIpc) is 2.70. The predicted octanol–water partition coefficient (Wildman–Crippen LogP) is 4.79. The minimum atomic E-state index is -0.399. The summed E-state index contributed by atoms with van der Waals surface area (Å²) in [6.45, 7) is 3.94. The van der Waals surface area contributed by atoms with Gasteiger partial charge in [0.1, 0.15) is 4.88 Å². The fourth-order valence-corrected chi connectivity index (χ4v) is 3.20. The number of nitrogen functional groups attached to an aromatic ring is 1. The van der Waals surface area contributed by atoms with Crippen molar-refractivity contribution in [1.82, 2.24) is 0 Å². The quantitative estimate of drug-likeness (QED) is 0.823. The van der Waals surface area contributed by atoms with Crippen molar-refractivity contribution in [2.45, 2.75) is 13.8 Å². The summed E-state index contributed by atoms with van der Waals surface area (Å²) in [7, 11) is 0. The summed E-state index contributed by atoms with van der Waals surface area (Å²) in [5, 5.41) is 0.955. The Morgan fingerprint density at radius 1 is 1.35 bits per heavy atom. The molecule has 0 saturated heterocycles. The van der Waals surface area contributed by atoms with Crippen molar-refractivity contribution in [1.29, 1.82) is 0 Å². The number of hydrogen-bond acceptors (Lipinski definition) is 4. The molecule has 0 aliphatic heterocycles. The van der Waals surface area contributed by atoms with E-state index in [1.54, 1.807) is 19.1 Å².